The molecule has 3 atom stereocenters. The van der Waals surface area contributed by atoms with Crippen molar-refractivity contribution in [3.05, 3.63) is 45.1 Å². The fourth-order valence-electron chi connectivity index (χ4n) is 8.26. The Kier molecular flexibility index (Phi) is 4.47. The van der Waals surface area contributed by atoms with E-state index in [0.29, 0.717) is 0 Å². The lowest BCUT2D eigenvalue weighted by Gasteiger charge is -2.31. The summed E-state index contributed by atoms with van der Waals surface area (Å²) in [6.07, 6.45) is 24.4. The van der Waals surface area contributed by atoms with Crippen molar-refractivity contribution in [3.8, 4) is 0 Å². The maximum absolute atomic E-state index is 2.62. The zero-order valence-electron chi connectivity index (χ0n) is 18.0. The Balaban J connectivity index is 1.22. The first-order valence-corrected chi connectivity index (χ1v) is 12.6. The highest BCUT2D eigenvalue weighted by Crippen LogP contribution is 2.54. The van der Waals surface area contributed by atoms with Gasteiger partial charge >= 0.3 is 0 Å². The highest BCUT2D eigenvalue weighted by Gasteiger charge is 2.39. The van der Waals surface area contributed by atoms with Gasteiger partial charge in [0.2, 0.25) is 0 Å². The second kappa shape index (κ2) is 7.03. The predicted octanol–water partition coefficient (Wildman–Crippen LogP) is 8.22. The summed E-state index contributed by atoms with van der Waals surface area (Å²) >= 11 is 0. The Labute approximate surface area is 172 Å². The maximum atomic E-state index is 2.62. The third-order valence-corrected chi connectivity index (χ3v) is 9.54. The Morgan fingerprint density at radius 2 is 1.29 bits per heavy atom. The minimum absolute atomic E-state index is 0.803. The van der Waals surface area contributed by atoms with Gasteiger partial charge in [0.25, 0.3) is 0 Å². The molecule has 0 amide bonds. The van der Waals surface area contributed by atoms with E-state index >= 15 is 0 Å². The van der Waals surface area contributed by atoms with Crippen molar-refractivity contribution in [2.45, 2.75) is 103 Å². The summed E-state index contributed by atoms with van der Waals surface area (Å²) in [4.78, 5) is 0. The lowest BCUT2D eigenvalue weighted by atomic mass is 9.74. The third kappa shape index (κ3) is 2.77. The summed E-state index contributed by atoms with van der Waals surface area (Å²) in [7, 11) is 0. The molecular weight excluding hydrogens is 336 g/mol. The van der Waals surface area contributed by atoms with E-state index in [4.69, 9.17) is 0 Å². The first-order chi connectivity index (χ1) is 13.8. The quantitative estimate of drug-likeness (QED) is 0.467. The van der Waals surface area contributed by atoms with Crippen molar-refractivity contribution >= 4 is 0 Å². The van der Waals surface area contributed by atoms with E-state index in [1.807, 2.05) is 27.9 Å². The van der Waals surface area contributed by atoms with Crippen LogP contribution in [-0.2, 0) is 0 Å². The SMILES string of the molecule is CC1=CC2=C(C[C@@H]3CCC[C@@H]3C2)C1CCC1C2=C(CCCC2)C2=C1CCCC2. The molecule has 1 saturated carbocycles. The van der Waals surface area contributed by atoms with Crippen LogP contribution in [0.2, 0.25) is 0 Å². The van der Waals surface area contributed by atoms with E-state index in [2.05, 4.69) is 13.0 Å². The second-order valence-electron chi connectivity index (χ2n) is 10.9. The Bertz CT molecular complexity index is 766. The molecule has 0 aromatic rings. The second-order valence-corrected chi connectivity index (χ2v) is 10.9. The molecule has 28 heavy (non-hydrogen) atoms. The minimum atomic E-state index is 0.803. The zero-order chi connectivity index (χ0) is 18.7. The molecule has 0 heterocycles. The van der Waals surface area contributed by atoms with Gasteiger partial charge in [-0.2, -0.15) is 0 Å². The minimum Gasteiger partial charge on any atom is -0.0659 e. The van der Waals surface area contributed by atoms with Gasteiger partial charge in [-0.05, 0) is 125 Å². The van der Waals surface area contributed by atoms with Crippen LogP contribution in [0.5, 0.6) is 0 Å². The molecule has 0 aromatic heterocycles. The van der Waals surface area contributed by atoms with E-state index in [1.54, 1.807) is 11.1 Å². The van der Waals surface area contributed by atoms with Crippen molar-refractivity contribution in [2.75, 3.05) is 0 Å². The van der Waals surface area contributed by atoms with Crippen LogP contribution in [0.15, 0.2) is 45.1 Å². The summed E-state index contributed by atoms with van der Waals surface area (Å²) in [6, 6.07) is 0. The molecule has 6 rings (SSSR count). The fraction of sp³-hybridized carbons (Fsp3) is 0.714. The van der Waals surface area contributed by atoms with Gasteiger partial charge in [0.05, 0.1) is 0 Å². The van der Waals surface area contributed by atoms with E-state index < -0.39 is 0 Å². The Morgan fingerprint density at radius 1 is 0.679 bits per heavy atom. The van der Waals surface area contributed by atoms with Crippen LogP contribution in [0.3, 0.4) is 0 Å². The largest absolute Gasteiger partial charge is 0.0659 e. The Morgan fingerprint density at radius 3 is 2.00 bits per heavy atom. The molecule has 0 bridgehead atoms. The molecule has 6 aliphatic rings. The molecule has 0 aromatic carbocycles. The van der Waals surface area contributed by atoms with Gasteiger partial charge in [0, 0.05) is 11.8 Å². The Hall–Kier alpha value is -1.04. The summed E-state index contributed by atoms with van der Waals surface area (Å²) in [5.74, 6) is 3.72. The van der Waals surface area contributed by atoms with Crippen molar-refractivity contribution in [3.63, 3.8) is 0 Å². The van der Waals surface area contributed by atoms with Crippen molar-refractivity contribution < 1.29 is 0 Å². The van der Waals surface area contributed by atoms with Crippen molar-refractivity contribution in [1.82, 2.24) is 0 Å². The molecule has 0 nitrogen and oxygen atoms in total. The van der Waals surface area contributed by atoms with Crippen LogP contribution in [0, 0.1) is 23.7 Å². The molecule has 1 fully saturated rings. The van der Waals surface area contributed by atoms with Gasteiger partial charge in [-0.1, -0.05) is 34.8 Å². The molecular formula is C28H38. The predicted molar refractivity (Wildman–Crippen MR) is 118 cm³/mol. The normalized spacial score (nSPS) is 35.2. The number of hydrogen-bond acceptors (Lipinski definition) is 0. The molecule has 1 unspecified atom stereocenters. The standard InChI is InChI=1S/C28H38/c1-18-15-21-16-19-7-6-8-20(19)17-28(21)22(18)13-14-27-25-11-4-2-9-23(25)24-10-3-5-12-26(24)27/h15,19-20,22,27H,2-14,16-17H2,1H3/t19-,20+,22?/m1/s1. The average molecular weight is 375 g/mol. The van der Waals surface area contributed by atoms with Crippen LogP contribution in [-0.4, -0.2) is 0 Å². The van der Waals surface area contributed by atoms with Crippen LogP contribution in [0.1, 0.15) is 103 Å². The summed E-state index contributed by atoms with van der Waals surface area (Å²) in [6.45, 7) is 2.45. The molecule has 0 aliphatic heterocycles. The summed E-state index contributed by atoms with van der Waals surface area (Å²) in [5, 5.41) is 0. The van der Waals surface area contributed by atoms with Crippen LogP contribution in [0.4, 0.5) is 0 Å². The lowest BCUT2D eigenvalue weighted by Crippen LogP contribution is -2.19. The molecule has 6 aliphatic carbocycles. The average Bonchev–Trinajstić information content (AvgIpc) is 3.38. The maximum Gasteiger partial charge on any atom is 0.00191 e. The van der Waals surface area contributed by atoms with Crippen LogP contribution in [0.25, 0.3) is 0 Å². The monoisotopic (exact) mass is 374 g/mol. The van der Waals surface area contributed by atoms with Crippen molar-refractivity contribution in [1.29, 1.82) is 0 Å². The first kappa shape index (κ1) is 17.8. The van der Waals surface area contributed by atoms with Gasteiger partial charge in [-0.25, -0.2) is 0 Å². The van der Waals surface area contributed by atoms with Gasteiger partial charge in [-0.3, -0.25) is 0 Å². The first-order valence-electron chi connectivity index (χ1n) is 12.6. The fourth-order valence-corrected chi connectivity index (χ4v) is 8.26. The van der Waals surface area contributed by atoms with E-state index in [1.165, 1.54) is 96.3 Å². The molecule has 150 valence electrons. The summed E-state index contributed by atoms with van der Waals surface area (Å²) < 4.78 is 0. The van der Waals surface area contributed by atoms with Gasteiger partial charge in [0.1, 0.15) is 0 Å². The van der Waals surface area contributed by atoms with Gasteiger partial charge < -0.3 is 0 Å². The van der Waals surface area contributed by atoms with Crippen molar-refractivity contribution in [2.24, 2.45) is 23.7 Å². The summed E-state index contributed by atoms with van der Waals surface area (Å²) in [5.41, 5.74) is 13.0. The molecule has 0 spiro atoms. The zero-order valence-corrected chi connectivity index (χ0v) is 18.0. The third-order valence-electron chi connectivity index (χ3n) is 9.54. The molecule has 0 saturated heterocycles. The molecule has 0 heteroatoms. The van der Waals surface area contributed by atoms with E-state index in [0.717, 1.165) is 23.7 Å². The molecule has 0 N–H and O–H groups in total. The topological polar surface area (TPSA) is 0 Å². The molecule has 0 radical (unpaired) electrons. The highest BCUT2D eigenvalue weighted by atomic mass is 14.4. The van der Waals surface area contributed by atoms with E-state index in [-0.39, 0.29) is 0 Å². The van der Waals surface area contributed by atoms with Crippen LogP contribution >= 0.6 is 0 Å². The number of rotatable bonds is 3. The van der Waals surface area contributed by atoms with Crippen LogP contribution < -0.4 is 0 Å². The number of hydrogen-bond donors (Lipinski definition) is 0. The van der Waals surface area contributed by atoms with E-state index in [9.17, 15) is 0 Å². The smallest absolute Gasteiger partial charge is 0.00191 e. The number of allylic oxidation sites excluding steroid dienone is 8. The highest BCUT2D eigenvalue weighted by molar-refractivity contribution is 5.52. The van der Waals surface area contributed by atoms with Gasteiger partial charge in [0.15, 0.2) is 0 Å². The van der Waals surface area contributed by atoms with Gasteiger partial charge in [-0.15, -0.1) is 0 Å². The lowest BCUT2D eigenvalue weighted by molar-refractivity contribution is 0.348. The number of fused-ring (bicyclic) bond motifs is 2.